The van der Waals surface area contributed by atoms with Gasteiger partial charge in [-0.3, -0.25) is 0 Å². The monoisotopic (exact) mass is 336 g/mol. The molecule has 138 valence electrons. The highest BCUT2D eigenvalue weighted by molar-refractivity contribution is 5.30. The lowest BCUT2D eigenvalue weighted by molar-refractivity contribution is 0.0959. The maximum absolute atomic E-state index is 6.18. The third-order valence-corrected chi connectivity index (χ3v) is 5.66. The van der Waals surface area contributed by atoms with Gasteiger partial charge in [0.15, 0.2) is 0 Å². The molecule has 2 aliphatic carbocycles. The Morgan fingerprint density at radius 1 is 1.25 bits per heavy atom. The summed E-state index contributed by atoms with van der Waals surface area (Å²) in [4.78, 5) is 2.47. The zero-order valence-electron chi connectivity index (χ0n) is 16.2. The zero-order chi connectivity index (χ0) is 17.7. The topological polar surface area (TPSA) is 47.7 Å². The summed E-state index contributed by atoms with van der Waals surface area (Å²) in [6.07, 6.45) is 8.47. The zero-order valence-corrected chi connectivity index (χ0v) is 16.2. The van der Waals surface area contributed by atoms with E-state index in [1.807, 2.05) is 0 Å². The lowest BCUT2D eigenvalue weighted by atomic mass is 9.72. The van der Waals surface area contributed by atoms with Crippen molar-refractivity contribution in [2.75, 3.05) is 27.3 Å². The Bertz CT molecular complexity index is 462. The highest BCUT2D eigenvalue weighted by Gasteiger charge is 2.32. The van der Waals surface area contributed by atoms with Crippen LogP contribution in [0.3, 0.4) is 0 Å². The van der Waals surface area contributed by atoms with E-state index in [2.05, 4.69) is 38.8 Å². The maximum Gasteiger partial charge on any atom is 0.120 e. The predicted octanol–water partition coefficient (Wildman–Crippen LogP) is 3.68. The molecule has 0 aliphatic heterocycles. The molecule has 0 radical (unpaired) electrons. The molecule has 2 aliphatic rings. The van der Waals surface area contributed by atoms with Crippen LogP contribution >= 0.6 is 0 Å². The summed E-state index contributed by atoms with van der Waals surface area (Å²) in [6, 6.07) is 0.705. The number of nitrogens with two attached hydrogens (primary N) is 1. The van der Waals surface area contributed by atoms with Crippen LogP contribution in [0.15, 0.2) is 23.1 Å². The molecular weight excluding hydrogens is 300 g/mol. The number of hydrogen-bond acceptors (Lipinski definition) is 4. The van der Waals surface area contributed by atoms with Crippen molar-refractivity contribution in [3.63, 3.8) is 0 Å². The Labute approximate surface area is 148 Å². The third-order valence-electron chi connectivity index (χ3n) is 5.66. The van der Waals surface area contributed by atoms with E-state index in [0.717, 1.165) is 36.9 Å². The molecule has 0 amide bonds. The first kappa shape index (κ1) is 19.3. The van der Waals surface area contributed by atoms with Crippen LogP contribution in [0.5, 0.6) is 0 Å². The van der Waals surface area contributed by atoms with Crippen LogP contribution in [0, 0.1) is 11.8 Å². The molecule has 1 atom stereocenters. The van der Waals surface area contributed by atoms with E-state index in [1.165, 1.54) is 31.3 Å². The number of ether oxygens (including phenoxy) is 2. The first-order valence-electron chi connectivity index (χ1n) is 9.45. The average molecular weight is 337 g/mol. The Balaban J connectivity index is 1.91. The lowest BCUT2D eigenvalue weighted by Crippen LogP contribution is -2.38. The van der Waals surface area contributed by atoms with Crippen LogP contribution in [0.25, 0.3) is 0 Å². The first-order chi connectivity index (χ1) is 11.4. The van der Waals surface area contributed by atoms with Crippen molar-refractivity contribution >= 4 is 0 Å². The molecule has 4 nitrogen and oxygen atoms in total. The van der Waals surface area contributed by atoms with Gasteiger partial charge in [-0.05, 0) is 71.4 Å². The van der Waals surface area contributed by atoms with Crippen LogP contribution in [0.1, 0.15) is 52.9 Å². The average Bonchev–Trinajstić information content (AvgIpc) is 2.55. The second-order valence-corrected chi connectivity index (χ2v) is 7.79. The van der Waals surface area contributed by atoms with Crippen molar-refractivity contribution in [3.05, 3.63) is 23.1 Å². The van der Waals surface area contributed by atoms with E-state index >= 15 is 0 Å². The number of hydrogen-bond donors (Lipinski definition) is 1. The molecule has 4 heteroatoms. The summed E-state index contributed by atoms with van der Waals surface area (Å²) in [5.41, 5.74) is 8.43. The number of likely N-dealkylation sites (N-methyl/N-ethyl adjacent to an activating group) is 1. The fourth-order valence-electron chi connectivity index (χ4n) is 4.21. The Morgan fingerprint density at radius 2 is 1.92 bits per heavy atom. The summed E-state index contributed by atoms with van der Waals surface area (Å²) in [6.45, 7) is 8.23. The molecular formula is C20H36N2O2. The van der Waals surface area contributed by atoms with Crippen LogP contribution in [0.4, 0.5) is 0 Å². The minimum atomic E-state index is 0.191. The van der Waals surface area contributed by atoms with Gasteiger partial charge in [0.25, 0.3) is 0 Å². The molecule has 0 aromatic rings. The van der Waals surface area contributed by atoms with Crippen LogP contribution in [0.2, 0.25) is 0 Å². The largest absolute Gasteiger partial charge is 0.493 e. The molecule has 0 bridgehead atoms. The van der Waals surface area contributed by atoms with E-state index in [1.54, 1.807) is 7.11 Å². The second-order valence-electron chi connectivity index (χ2n) is 7.79. The number of methoxy groups -OCH3 is 1. The van der Waals surface area contributed by atoms with E-state index in [4.69, 9.17) is 15.2 Å². The van der Waals surface area contributed by atoms with Crippen LogP contribution < -0.4 is 5.73 Å². The van der Waals surface area contributed by atoms with Gasteiger partial charge in [0.2, 0.25) is 0 Å². The lowest BCUT2D eigenvalue weighted by Gasteiger charge is -2.39. The summed E-state index contributed by atoms with van der Waals surface area (Å²) < 4.78 is 11.2. The first-order valence-corrected chi connectivity index (χ1v) is 9.45. The molecule has 0 aromatic heterocycles. The van der Waals surface area contributed by atoms with Gasteiger partial charge in [-0.15, -0.1) is 0 Å². The van der Waals surface area contributed by atoms with Gasteiger partial charge >= 0.3 is 0 Å². The maximum atomic E-state index is 6.18. The van der Waals surface area contributed by atoms with Gasteiger partial charge in [0, 0.05) is 26.1 Å². The fourth-order valence-corrected chi connectivity index (χ4v) is 4.21. The van der Waals surface area contributed by atoms with Gasteiger partial charge in [-0.25, -0.2) is 0 Å². The quantitative estimate of drug-likeness (QED) is 0.770. The molecule has 0 aromatic carbocycles. The van der Waals surface area contributed by atoms with Crippen LogP contribution in [-0.2, 0) is 9.47 Å². The Kier molecular flexibility index (Phi) is 7.17. The Morgan fingerprint density at radius 3 is 2.50 bits per heavy atom. The van der Waals surface area contributed by atoms with Crippen molar-refractivity contribution in [3.8, 4) is 0 Å². The van der Waals surface area contributed by atoms with Crippen molar-refractivity contribution in [1.82, 2.24) is 4.90 Å². The minimum Gasteiger partial charge on any atom is -0.493 e. The molecule has 0 spiro atoms. The van der Waals surface area contributed by atoms with E-state index in [9.17, 15) is 0 Å². The molecule has 1 unspecified atom stereocenters. The molecule has 24 heavy (non-hydrogen) atoms. The molecule has 2 rings (SSSR count). The summed E-state index contributed by atoms with van der Waals surface area (Å²) in [5, 5.41) is 0. The fraction of sp³-hybridized carbons (Fsp3) is 0.800. The highest BCUT2D eigenvalue weighted by Crippen LogP contribution is 2.41. The number of allylic oxidation sites excluding steroid dienone is 3. The normalized spacial score (nSPS) is 28.5. The van der Waals surface area contributed by atoms with Crippen molar-refractivity contribution in [2.45, 2.75) is 65.0 Å². The Hall–Kier alpha value is -1.00. The standard InChI is InChI=1S/C20H36N2O2/c1-14(2)24-20-13-18(15(3)12-19(20)21)16-6-8-17(9-7-16)22(4)10-11-23-5/h12,14,16-18H,6-11,13,21H2,1-5H3. The number of nitrogens with zero attached hydrogens (tertiary/aromatic N) is 1. The number of rotatable bonds is 7. The van der Waals surface area contributed by atoms with Gasteiger partial charge in [-0.1, -0.05) is 5.57 Å². The van der Waals surface area contributed by atoms with E-state index < -0.39 is 0 Å². The van der Waals surface area contributed by atoms with Gasteiger partial charge in [-0.2, -0.15) is 0 Å². The molecule has 1 fully saturated rings. The van der Waals surface area contributed by atoms with E-state index in [0.29, 0.717) is 12.0 Å². The molecule has 0 heterocycles. The SMILES string of the molecule is COCCN(C)C1CCC(C2CC(OC(C)C)=C(N)C=C2C)CC1. The summed E-state index contributed by atoms with van der Waals surface area (Å²) >= 11 is 0. The van der Waals surface area contributed by atoms with Gasteiger partial charge in [0.05, 0.1) is 18.4 Å². The second kappa shape index (κ2) is 8.91. The predicted molar refractivity (Wildman–Crippen MR) is 99.6 cm³/mol. The van der Waals surface area contributed by atoms with Crippen LogP contribution in [-0.4, -0.2) is 44.4 Å². The smallest absolute Gasteiger partial charge is 0.120 e. The summed E-state index contributed by atoms with van der Waals surface area (Å²) in [7, 11) is 4.01. The van der Waals surface area contributed by atoms with Crippen molar-refractivity contribution in [2.24, 2.45) is 17.6 Å². The highest BCUT2D eigenvalue weighted by atomic mass is 16.5. The summed E-state index contributed by atoms with van der Waals surface area (Å²) in [5.74, 6) is 2.35. The minimum absolute atomic E-state index is 0.191. The molecule has 1 saturated carbocycles. The van der Waals surface area contributed by atoms with Gasteiger partial charge in [0.1, 0.15) is 5.76 Å². The molecule has 0 saturated heterocycles. The van der Waals surface area contributed by atoms with Crippen molar-refractivity contribution in [1.29, 1.82) is 0 Å². The van der Waals surface area contributed by atoms with E-state index in [-0.39, 0.29) is 6.10 Å². The van der Waals surface area contributed by atoms with Gasteiger partial charge < -0.3 is 20.1 Å². The molecule has 2 N–H and O–H groups in total. The third kappa shape index (κ3) is 5.00. The van der Waals surface area contributed by atoms with Crippen molar-refractivity contribution < 1.29 is 9.47 Å².